The molecule has 0 unspecified atom stereocenters. The van der Waals surface area contributed by atoms with Crippen molar-refractivity contribution >= 4 is 50.5 Å². The van der Waals surface area contributed by atoms with Crippen LogP contribution in [0.5, 0.6) is 0 Å². The molecule has 0 aliphatic heterocycles. The Kier molecular flexibility index (Phi) is 12.5. The maximum Gasteiger partial charge on any atom is 0.340 e. The smallest absolute Gasteiger partial charge is 0.340 e. The molecule has 5 rings (SSSR count). The van der Waals surface area contributed by atoms with Gasteiger partial charge in [0.1, 0.15) is 51.8 Å². The van der Waals surface area contributed by atoms with Crippen LogP contribution in [0.25, 0.3) is 0 Å². The first-order valence-electron chi connectivity index (χ1n) is 14.5. The second-order valence-electron chi connectivity index (χ2n) is 9.86. The van der Waals surface area contributed by atoms with Gasteiger partial charge in [0, 0.05) is 0 Å². The summed E-state index contributed by atoms with van der Waals surface area (Å²) in [6, 6.07) is 46.8. The van der Waals surface area contributed by atoms with E-state index in [0.717, 1.165) is 18.2 Å². The topological polar surface area (TPSA) is 150 Å². The number of aliphatic hydroxyl groups excluding tert-OH is 2. The zero-order chi connectivity index (χ0) is 33.7. The Morgan fingerprint density at radius 1 is 0.553 bits per heavy atom. The predicted octanol–water partition coefficient (Wildman–Crippen LogP) is 3.19. The molecular formula is C36H33O9PS. The number of hydrogen-bond donors (Lipinski definition) is 2. The van der Waals surface area contributed by atoms with Crippen LogP contribution < -0.4 is 21.2 Å². The lowest BCUT2D eigenvalue weighted by Gasteiger charge is -2.27. The van der Waals surface area contributed by atoms with Crippen LogP contribution in [-0.2, 0) is 19.6 Å². The first kappa shape index (κ1) is 35.2. The highest BCUT2D eigenvalue weighted by atomic mass is 32.2. The summed E-state index contributed by atoms with van der Waals surface area (Å²) in [7, 11) is -6.96. The molecular weight excluding hydrogens is 639 g/mol. The zero-order valence-electron chi connectivity index (χ0n) is 25.2. The fourth-order valence-corrected chi connectivity index (χ4v) is 10.0. The van der Waals surface area contributed by atoms with Crippen LogP contribution in [0.2, 0.25) is 0 Å². The van der Waals surface area contributed by atoms with E-state index in [2.05, 4.69) is 131 Å². The molecule has 2 N–H and O–H groups in total. The molecule has 242 valence electrons. The lowest BCUT2D eigenvalue weighted by Crippen LogP contribution is -2.38. The summed E-state index contributed by atoms with van der Waals surface area (Å²) in [6.07, 6.45) is 0. The minimum atomic E-state index is -5.05. The van der Waals surface area contributed by atoms with Gasteiger partial charge in [0.2, 0.25) is 0 Å². The molecule has 0 fully saturated rings. The quantitative estimate of drug-likeness (QED) is 0.123. The highest BCUT2D eigenvalue weighted by molar-refractivity contribution is 8.01. The third-order valence-corrected chi connectivity index (χ3v) is 12.1. The van der Waals surface area contributed by atoms with E-state index in [-0.39, 0.29) is 6.61 Å². The van der Waals surface area contributed by atoms with Crippen molar-refractivity contribution < 1.29 is 42.2 Å². The maximum atomic E-state index is 11.9. The van der Waals surface area contributed by atoms with Gasteiger partial charge in [0.05, 0.1) is 29.2 Å². The normalized spacial score (nSPS) is 11.1. The van der Waals surface area contributed by atoms with E-state index >= 15 is 0 Å². The van der Waals surface area contributed by atoms with E-state index in [0.29, 0.717) is 0 Å². The number of carbonyl (C=O) groups is 2. The van der Waals surface area contributed by atoms with Gasteiger partial charge in [-0.2, -0.15) is 0 Å². The lowest BCUT2D eigenvalue weighted by molar-refractivity contribution is 0.0386. The van der Waals surface area contributed by atoms with Gasteiger partial charge in [-0.3, -0.25) is 0 Å². The molecule has 0 atom stereocenters. The fraction of sp³-hybridized carbons (Fsp3) is 0.111. The fourth-order valence-electron chi connectivity index (χ4n) is 5.05. The molecule has 0 aliphatic carbocycles. The van der Waals surface area contributed by atoms with Crippen LogP contribution in [0.3, 0.4) is 0 Å². The van der Waals surface area contributed by atoms with E-state index in [1.165, 1.54) is 21.2 Å². The maximum absolute atomic E-state index is 11.9. The van der Waals surface area contributed by atoms with Crippen LogP contribution in [0.4, 0.5) is 0 Å². The van der Waals surface area contributed by atoms with E-state index in [9.17, 15) is 22.6 Å². The monoisotopic (exact) mass is 672 g/mol. The lowest BCUT2D eigenvalue weighted by atomic mass is 10.1. The third kappa shape index (κ3) is 8.37. The summed E-state index contributed by atoms with van der Waals surface area (Å²) >= 11 is 0. The van der Waals surface area contributed by atoms with E-state index in [1.807, 2.05) is 0 Å². The van der Waals surface area contributed by atoms with Gasteiger partial charge in [-0.05, 0) is 60.7 Å². The van der Waals surface area contributed by atoms with Gasteiger partial charge < -0.3 is 24.2 Å². The Morgan fingerprint density at radius 2 is 0.915 bits per heavy atom. The Morgan fingerprint density at radius 3 is 1.26 bits per heavy atom. The van der Waals surface area contributed by atoms with Crippen molar-refractivity contribution in [3.05, 3.63) is 151 Å². The largest absolute Gasteiger partial charge is 0.744 e. The Hall–Kier alpha value is -4.70. The summed E-state index contributed by atoms with van der Waals surface area (Å²) in [5.74, 6) is -2.37. The van der Waals surface area contributed by atoms with Crippen molar-refractivity contribution in [3.8, 4) is 0 Å². The number of esters is 2. The number of carbonyl (C=O) groups excluding carboxylic acids is 2. The van der Waals surface area contributed by atoms with E-state index in [4.69, 9.17) is 10.2 Å². The number of benzene rings is 5. The number of aliphatic hydroxyl groups is 2. The summed E-state index contributed by atoms with van der Waals surface area (Å²) in [5.41, 5.74) is -1.26. The SMILES string of the molecule is O=C(OCCO)c1cccc(S(=O)(=O)[O-])c1C(=O)OCCO.c1ccc([P+](c2ccccc2)(c2ccccc2)c2ccccc2)cc1. The van der Waals surface area contributed by atoms with Crippen molar-refractivity contribution in [2.75, 3.05) is 26.4 Å². The summed E-state index contributed by atoms with van der Waals surface area (Å²) < 4.78 is 42.8. The van der Waals surface area contributed by atoms with Crippen molar-refractivity contribution in [2.24, 2.45) is 0 Å². The Balaban J connectivity index is 0.000000215. The molecule has 0 aliphatic rings. The van der Waals surface area contributed by atoms with Crippen LogP contribution in [-0.4, -0.2) is 61.5 Å². The van der Waals surface area contributed by atoms with Gasteiger partial charge in [-0.25, -0.2) is 18.0 Å². The zero-order valence-corrected chi connectivity index (χ0v) is 26.9. The summed E-state index contributed by atoms with van der Waals surface area (Å²) in [6.45, 7) is -1.83. The number of rotatable bonds is 11. The van der Waals surface area contributed by atoms with E-state index < -0.39 is 65.2 Å². The van der Waals surface area contributed by atoms with E-state index in [1.54, 1.807) is 0 Å². The first-order valence-corrected chi connectivity index (χ1v) is 17.7. The molecule has 0 aromatic heterocycles. The molecule has 9 nitrogen and oxygen atoms in total. The van der Waals surface area contributed by atoms with Gasteiger partial charge >= 0.3 is 11.9 Å². The van der Waals surface area contributed by atoms with Crippen LogP contribution >= 0.6 is 7.26 Å². The molecule has 5 aromatic carbocycles. The van der Waals surface area contributed by atoms with Gasteiger partial charge in [-0.15, -0.1) is 0 Å². The molecule has 0 saturated carbocycles. The van der Waals surface area contributed by atoms with Crippen molar-refractivity contribution in [2.45, 2.75) is 4.90 Å². The molecule has 0 saturated heterocycles. The first-order chi connectivity index (χ1) is 22.7. The predicted molar refractivity (Wildman–Crippen MR) is 180 cm³/mol. The second-order valence-corrected chi connectivity index (χ2v) is 14.6. The van der Waals surface area contributed by atoms with Crippen LogP contribution in [0.15, 0.2) is 144 Å². The van der Waals surface area contributed by atoms with Crippen molar-refractivity contribution in [3.63, 3.8) is 0 Å². The van der Waals surface area contributed by atoms with Crippen molar-refractivity contribution in [1.82, 2.24) is 0 Å². The molecule has 0 bridgehead atoms. The molecule has 47 heavy (non-hydrogen) atoms. The van der Waals surface area contributed by atoms with Gasteiger partial charge in [0.25, 0.3) is 0 Å². The molecule has 0 spiro atoms. The molecule has 0 heterocycles. The average Bonchev–Trinajstić information content (AvgIpc) is 3.11. The summed E-state index contributed by atoms with van der Waals surface area (Å²) in [5, 5.41) is 22.8. The van der Waals surface area contributed by atoms with Crippen molar-refractivity contribution in [1.29, 1.82) is 0 Å². The number of ether oxygens (including phenoxy) is 2. The van der Waals surface area contributed by atoms with Gasteiger partial charge in [-0.1, -0.05) is 78.9 Å². The summed E-state index contributed by atoms with van der Waals surface area (Å²) in [4.78, 5) is 22.7. The van der Waals surface area contributed by atoms with Gasteiger partial charge in [0.15, 0.2) is 0 Å². The third-order valence-electron chi connectivity index (χ3n) is 6.94. The minimum absolute atomic E-state index is 0.377. The standard InChI is InChI=1S/C24H20P.C12H14O9S/c1-5-13-21(14-6-1)25(22-15-7-2-8-16-22,23-17-9-3-10-18-23)24-19-11-4-12-20-24;13-4-6-20-11(15)8-2-1-3-9(22(17,18)19)10(8)12(16)21-7-5-14/h1-20H;1-3,13-14H,4-7H2,(H,17,18,19)/q+1;/p-1. The molecule has 5 aromatic rings. The highest BCUT2D eigenvalue weighted by Gasteiger charge is 2.47. The Labute approximate surface area is 274 Å². The Bertz CT molecular complexity index is 1690. The highest BCUT2D eigenvalue weighted by Crippen LogP contribution is 2.54. The number of hydrogen-bond acceptors (Lipinski definition) is 9. The van der Waals surface area contributed by atoms with Crippen LogP contribution in [0.1, 0.15) is 20.7 Å². The van der Waals surface area contributed by atoms with Crippen LogP contribution in [0, 0.1) is 0 Å². The second kappa shape index (κ2) is 16.7. The molecule has 0 radical (unpaired) electrons. The minimum Gasteiger partial charge on any atom is -0.744 e. The molecule has 11 heteroatoms. The molecule has 0 amide bonds. The average molecular weight is 673 g/mol.